The standard InChI is InChI=1S/C14H21F2N3/c1-17-14(10-6-11(15)8-12(16)7-10)13-9-18(2)4-5-19(13)3/h6-8,13-14,17H,4-5,9H2,1-3H3. The maximum Gasteiger partial charge on any atom is 0.126 e. The summed E-state index contributed by atoms with van der Waals surface area (Å²) < 4.78 is 26.7. The van der Waals surface area contributed by atoms with Crippen molar-refractivity contribution < 1.29 is 8.78 Å². The Morgan fingerprint density at radius 3 is 2.37 bits per heavy atom. The van der Waals surface area contributed by atoms with Crippen LogP contribution in [-0.2, 0) is 0 Å². The number of halogens is 2. The monoisotopic (exact) mass is 269 g/mol. The highest BCUT2D eigenvalue weighted by atomic mass is 19.1. The summed E-state index contributed by atoms with van der Waals surface area (Å²) in [7, 11) is 5.95. The van der Waals surface area contributed by atoms with E-state index in [0.717, 1.165) is 25.7 Å². The first-order valence-electron chi connectivity index (χ1n) is 6.53. The van der Waals surface area contributed by atoms with Crippen molar-refractivity contribution in [3.8, 4) is 0 Å². The molecule has 1 aliphatic heterocycles. The zero-order valence-electron chi connectivity index (χ0n) is 11.7. The van der Waals surface area contributed by atoms with Gasteiger partial charge in [0, 0.05) is 37.8 Å². The van der Waals surface area contributed by atoms with E-state index in [4.69, 9.17) is 0 Å². The lowest BCUT2D eigenvalue weighted by Gasteiger charge is -2.42. The van der Waals surface area contributed by atoms with Crippen molar-refractivity contribution in [2.45, 2.75) is 12.1 Å². The van der Waals surface area contributed by atoms with Crippen LogP contribution in [0.2, 0.25) is 0 Å². The molecule has 5 heteroatoms. The van der Waals surface area contributed by atoms with E-state index >= 15 is 0 Å². The molecule has 2 atom stereocenters. The Morgan fingerprint density at radius 2 is 1.79 bits per heavy atom. The topological polar surface area (TPSA) is 18.5 Å². The quantitative estimate of drug-likeness (QED) is 0.896. The van der Waals surface area contributed by atoms with E-state index in [0.29, 0.717) is 5.56 Å². The summed E-state index contributed by atoms with van der Waals surface area (Å²) in [6, 6.07) is 3.84. The Kier molecular flexibility index (Phi) is 4.50. The molecule has 1 aromatic carbocycles. The van der Waals surface area contributed by atoms with Crippen LogP contribution in [0.5, 0.6) is 0 Å². The molecule has 106 valence electrons. The van der Waals surface area contributed by atoms with E-state index in [-0.39, 0.29) is 12.1 Å². The fourth-order valence-corrected chi connectivity index (χ4v) is 2.74. The molecule has 0 amide bonds. The Labute approximate surface area is 113 Å². The molecule has 0 bridgehead atoms. The van der Waals surface area contributed by atoms with Crippen molar-refractivity contribution in [3.63, 3.8) is 0 Å². The van der Waals surface area contributed by atoms with E-state index in [1.54, 1.807) is 0 Å². The van der Waals surface area contributed by atoms with Crippen molar-refractivity contribution >= 4 is 0 Å². The van der Waals surface area contributed by atoms with Gasteiger partial charge in [-0.2, -0.15) is 0 Å². The second-order valence-corrected chi connectivity index (χ2v) is 5.28. The summed E-state index contributed by atoms with van der Waals surface area (Å²) in [5.74, 6) is -1.05. The molecule has 2 rings (SSSR count). The third-order valence-corrected chi connectivity index (χ3v) is 3.84. The summed E-state index contributed by atoms with van der Waals surface area (Å²) in [5, 5.41) is 3.19. The summed E-state index contributed by atoms with van der Waals surface area (Å²) in [5.41, 5.74) is 0.659. The molecule has 0 radical (unpaired) electrons. The molecule has 0 aromatic heterocycles. The number of hydrogen-bond acceptors (Lipinski definition) is 3. The molecule has 0 saturated carbocycles. The Balaban J connectivity index is 2.27. The second-order valence-electron chi connectivity index (χ2n) is 5.28. The predicted molar refractivity (Wildman–Crippen MR) is 72.1 cm³/mol. The second kappa shape index (κ2) is 5.94. The Morgan fingerprint density at radius 1 is 1.16 bits per heavy atom. The van der Waals surface area contributed by atoms with Crippen LogP contribution < -0.4 is 5.32 Å². The molecule has 0 aliphatic carbocycles. The number of benzene rings is 1. The van der Waals surface area contributed by atoms with Gasteiger partial charge in [-0.1, -0.05) is 0 Å². The molecule has 1 fully saturated rings. The predicted octanol–water partition coefficient (Wildman–Crippen LogP) is 1.47. The smallest absolute Gasteiger partial charge is 0.126 e. The van der Waals surface area contributed by atoms with Crippen LogP contribution in [0.4, 0.5) is 8.78 Å². The zero-order chi connectivity index (χ0) is 14.0. The van der Waals surface area contributed by atoms with Crippen molar-refractivity contribution in [1.29, 1.82) is 0 Å². The molecular formula is C14H21F2N3. The lowest BCUT2D eigenvalue weighted by molar-refractivity contribution is 0.0895. The molecule has 1 saturated heterocycles. The molecular weight excluding hydrogens is 248 g/mol. The number of piperazine rings is 1. The van der Waals surface area contributed by atoms with Gasteiger partial charge in [-0.25, -0.2) is 8.78 Å². The van der Waals surface area contributed by atoms with Gasteiger partial charge in [-0.3, -0.25) is 4.90 Å². The molecule has 1 N–H and O–H groups in total. The third-order valence-electron chi connectivity index (χ3n) is 3.84. The number of nitrogens with one attached hydrogen (secondary N) is 1. The van der Waals surface area contributed by atoms with Crippen LogP contribution >= 0.6 is 0 Å². The average molecular weight is 269 g/mol. The highest BCUT2D eigenvalue weighted by Gasteiger charge is 2.30. The van der Waals surface area contributed by atoms with E-state index in [1.807, 2.05) is 7.05 Å². The van der Waals surface area contributed by atoms with Gasteiger partial charge in [-0.15, -0.1) is 0 Å². The fraction of sp³-hybridized carbons (Fsp3) is 0.571. The SMILES string of the molecule is CNC(c1cc(F)cc(F)c1)C1CN(C)CCN1C. The lowest BCUT2D eigenvalue weighted by atomic mass is 9.96. The molecule has 19 heavy (non-hydrogen) atoms. The number of nitrogens with zero attached hydrogens (tertiary/aromatic N) is 2. The van der Waals surface area contributed by atoms with E-state index < -0.39 is 11.6 Å². The molecule has 1 heterocycles. The summed E-state index contributed by atoms with van der Waals surface area (Å²) in [6.07, 6.45) is 0. The minimum atomic E-state index is -0.526. The van der Waals surface area contributed by atoms with Crippen LogP contribution in [0.15, 0.2) is 18.2 Å². The highest BCUT2D eigenvalue weighted by molar-refractivity contribution is 5.23. The number of likely N-dealkylation sites (N-methyl/N-ethyl adjacent to an activating group) is 3. The van der Waals surface area contributed by atoms with Gasteiger partial charge < -0.3 is 10.2 Å². The van der Waals surface area contributed by atoms with Crippen molar-refractivity contribution in [2.75, 3.05) is 40.8 Å². The maximum atomic E-state index is 13.4. The molecule has 2 unspecified atom stereocenters. The van der Waals surface area contributed by atoms with Crippen molar-refractivity contribution in [1.82, 2.24) is 15.1 Å². The van der Waals surface area contributed by atoms with E-state index in [2.05, 4.69) is 29.2 Å². The summed E-state index contributed by atoms with van der Waals surface area (Å²) in [6.45, 7) is 2.85. The molecule has 1 aliphatic rings. The van der Waals surface area contributed by atoms with Gasteiger partial charge in [-0.05, 0) is 38.8 Å². The minimum Gasteiger partial charge on any atom is -0.312 e. The van der Waals surface area contributed by atoms with Crippen LogP contribution in [-0.4, -0.2) is 56.6 Å². The fourth-order valence-electron chi connectivity index (χ4n) is 2.74. The Hall–Kier alpha value is -1.04. The molecule has 1 aromatic rings. The van der Waals surface area contributed by atoms with Gasteiger partial charge in [0.05, 0.1) is 0 Å². The Bertz CT molecular complexity index is 418. The zero-order valence-corrected chi connectivity index (χ0v) is 11.7. The van der Waals surface area contributed by atoms with Gasteiger partial charge in [0.15, 0.2) is 0 Å². The van der Waals surface area contributed by atoms with Crippen molar-refractivity contribution in [2.24, 2.45) is 0 Å². The first-order chi connectivity index (χ1) is 9.01. The van der Waals surface area contributed by atoms with Crippen molar-refractivity contribution in [3.05, 3.63) is 35.4 Å². The van der Waals surface area contributed by atoms with Crippen LogP contribution in [0, 0.1) is 11.6 Å². The van der Waals surface area contributed by atoms with Gasteiger partial charge in [0.25, 0.3) is 0 Å². The van der Waals surface area contributed by atoms with Crippen LogP contribution in [0.25, 0.3) is 0 Å². The summed E-state index contributed by atoms with van der Waals surface area (Å²) in [4.78, 5) is 4.48. The number of rotatable bonds is 3. The minimum absolute atomic E-state index is 0.0852. The maximum absolute atomic E-state index is 13.4. The van der Waals surface area contributed by atoms with Crippen LogP contribution in [0.1, 0.15) is 11.6 Å². The summed E-state index contributed by atoms with van der Waals surface area (Å²) >= 11 is 0. The molecule has 3 nitrogen and oxygen atoms in total. The number of hydrogen-bond donors (Lipinski definition) is 1. The van der Waals surface area contributed by atoms with Gasteiger partial charge in [0.1, 0.15) is 11.6 Å². The average Bonchev–Trinajstić information content (AvgIpc) is 2.33. The first-order valence-corrected chi connectivity index (χ1v) is 6.53. The normalized spacial score (nSPS) is 23.5. The van der Waals surface area contributed by atoms with E-state index in [9.17, 15) is 8.78 Å². The highest BCUT2D eigenvalue weighted by Crippen LogP contribution is 2.24. The lowest BCUT2D eigenvalue weighted by Crippen LogP contribution is -2.54. The van der Waals surface area contributed by atoms with Gasteiger partial charge >= 0.3 is 0 Å². The first kappa shape index (κ1) is 14.4. The van der Waals surface area contributed by atoms with Crippen LogP contribution in [0.3, 0.4) is 0 Å². The van der Waals surface area contributed by atoms with E-state index in [1.165, 1.54) is 12.1 Å². The largest absolute Gasteiger partial charge is 0.312 e. The molecule has 0 spiro atoms. The third kappa shape index (κ3) is 3.29. The van der Waals surface area contributed by atoms with Gasteiger partial charge in [0.2, 0.25) is 0 Å².